The molecule has 0 aliphatic heterocycles. The lowest BCUT2D eigenvalue weighted by Crippen LogP contribution is -2.23. The molecule has 1 rings (SSSR count). The number of ether oxygens (including phenoxy) is 2. The van der Waals surface area contributed by atoms with Crippen molar-refractivity contribution in [3.05, 3.63) is 42.7 Å². The van der Waals surface area contributed by atoms with Crippen LogP contribution in [0.15, 0.2) is 37.1 Å². The summed E-state index contributed by atoms with van der Waals surface area (Å²) in [6.45, 7) is 7.32. The number of benzene rings is 1. The Bertz CT molecular complexity index is 352. The molecule has 1 N–H and O–H groups in total. The van der Waals surface area contributed by atoms with Crippen molar-refractivity contribution >= 4 is 0 Å². The quantitative estimate of drug-likeness (QED) is 0.538. The molecule has 3 nitrogen and oxygen atoms in total. The Labute approximate surface area is 110 Å². The number of hydrogen-bond donors (Lipinski definition) is 1. The summed E-state index contributed by atoms with van der Waals surface area (Å²) in [5.41, 5.74) is 1.21. The van der Waals surface area contributed by atoms with Gasteiger partial charge in [0.15, 0.2) is 0 Å². The summed E-state index contributed by atoms with van der Waals surface area (Å²) < 4.78 is 10.5. The monoisotopic (exact) mass is 249 g/mol. The van der Waals surface area contributed by atoms with Crippen LogP contribution in [-0.2, 0) is 4.74 Å². The van der Waals surface area contributed by atoms with Crippen molar-refractivity contribution in [1.82, 2.24) is 5.32 Å². The zero-order chi connectivity index (χ0) is 13.2. The Morgan fingerprint density at radius 1 is 1.39 bits per heavy atom. The molecule has 3 heteroatoms. The minimum Gasteiger partial charge on any atom is -0.502 e. The van der Waals surface area contributed by atoms with E-state index in [1.54, 1.807) is 7.11 Å². The molecule has 1 aromatic rings. The van der Waals surface area contributed by atoms with E-state index in [1.807, 2.05) is 18.2 Å². The van der Waals surface area contributed by atoms with Gasteiger partial charge in [-0.1, -0.05) is 31.7 Å². The van der Waals surface area contributed by atoms with Crippen molar-refractivity contribution in [3.8, 4) is 5.75 Å². The zero-order valence-corrected chi connectivity index (χ0v) is 11.3. The van der Waals surface area contributed by atoms with Crippen molar-refractivity contribution in [3.63, 3.8) is 0 Å². The largest absolute Gasteiger partial charge is 0.502 e. The summed E-state index contributed by atoms with van der Waals surface area (Å²) >= 11 is 0. The summed E-state index contributed by atoms with van der Waals surface area (Å²) in [4.78, 5) is 0. The van der Waals surface area contributed by atoms with Gasteiger partial charge in [-0.25, -0.2) is 0 Å². The third-order valence-electron chi connectivity index (χ3n) is 2.87. The fourth-order valence-corrected chi connectivity index (χ4v) is 1.94. The van der Waals surface area contributed by atoms with E-state index in [0.717, 1.165) is 25.1 Å². The summed E-state index contributed by atoms with van der Waals surface area (Å²) in [6.07, 6.45) is 3.48. The second-order valence-electron chi connectivity index (χ2n) is 4.05. The fourth-order valence-electron chi connectivity index (χ4n) is 1.94. The molecule has 0 aliphatic carbocycles. The van der Waals surface area contributed by atoms with Crippen LogP contribution in [0.25, 0.3) is 0 Å². The third-order valence-corrected chi connectivity index (χ3v) is 2.87. The van der Waals surface area contributed by atoms with Crippen molar-refractivity contribution in [2.24, 2.45) is 0 Å². The molecule has 0 spiro atoms. The van der Waals surface area contributed by atoms with Gasteiger partial charge in [0.25, 0.3) is 0 Å². The van der Waals surface area contributed by atoms with E-state index >= 15 is 0 Å². The fraction of sp³-hybridized carbons (Fsp3) is 0.467. The van der Waals surface area contributed by atoms with Gasteiger partial charge in [0.1, 0.15) is 5.75 Å². The van der Waals surface area contributed by atoms with Crippen LogP contribution in [-0.4, -0.2) is 20.3 Å². The first kappa shape index (κ1) is 14.6. The summed E-state index contributed by atoms with van der Waals surface area (Å²) in [5, 5.41) is 3.53. The van der Waals surface area contributed by atoms with Crippen LogP contribution < -0.4 is 10.1 Å². The van der Waals surface area contributed by atoms with Crippen molar-refractivity contribution in [2.45, 2.75) is 25.8 Å². The van der Waals surface area contributed by atoms with E-state index in [2.05, 4.69) is 24.9 Å². The molecule has 0 saturated carbocycles. The molecule has 0 fully saturated rings. The highest BCUT2D eigenvalue weighted by molar-refractivity contribution is 5.35. The minimum absolute atomic E-state index is 0.324. The number of hydrogen-bond acceptors (Lipinski definition) is 3. The third kappa shape index (κ3) is 4.41. The lowest BCUT2D eigenvalue weighted by atomic mass is 10.0. The molecule has 0 aromatic heterocycles. The maximum absolute atomic E-state index is 5.40. The minimum atomic E-state index is 0.324. The van der Waals surface area contributed by atoms with E-state index in [9.17, 15) is 0 Å². The predicted octanol–water partition coefficient (Wildman–Crippen LogP) is 3.29. The lowest BCUT2D eigenvalue weighted by Gasteiger charge is -2.19. The van der Waals surface area contributed by atoms with Crippen LogP contribution in [0.5, 0.6) is 5.75 Å². The second-order valence-corrected chi connectivity index (χ2v) is 4.05. The van der Waals surface area contributed by atoms with Gasteiger partial charge in [-0.05, 0) is 25.5 Å². The number of rotatable bonds is 9. The van der Waals surface area contributed by atoms with Crippen LogP contribution in [0.3, 0.4) is 0 Å². The molecule has 0 saturated heterocycles. The topological polar surface area (TPSA) is 30.5 Å². The number of methoxy groups -OCH3 is 1. The highest BCUT2D eigenvalue weighted by atomic mass is 16.5. The average molecular weight is 249 g/mol. The molecular formula is C15H23NO2. The average Bonchev–Trinajstić information content (AvgIpc) is 2.43. The van der Waals surface area contributed by atoms with E-state index in [4.69, 9.17) is 9.47 Å². The van der Waals surface area contributed by atoms with E-state index in [0.29, 0.717) is 12.6 Å². The molecule has 0 amide bonds. The van der Waals surface area contributed by atoms with Gasteiger partial charge < -0.3 is 14.8 Å². The lowest BCUT2D eigenvalue weighted by molar-refractivity contribution is 0.242. The van der Waals surface area contributed by atoms with Crippen molar-refractivity contribution in [1.29, 1.82) is 0 Å². The first-order valence-electron chi connectivity index (χ1n) is 6.42. The van der Waals surface area contributed by atoms with Crippen molar-refractivity contribution < 1.29 is 9.47 Å². The molecule has 0 aliphatic rings. The van der Waals surface area contributed by atoms with Gasteiger partial charge in [-0.15, -0.1) is 0 Å². The zero-order valence-electron chi connectivity index (χ0n) is 11.3. The Morgan fingerprint density at radius 2 is 2.17 bits per heavy atom. The Kier molecular flexibility index (Phi) is 6.96. The Hall–Kier alpha value is -1.48. The first-order valence-corrected chi connectivity index (χ1v) is 6.42. The van der Waals surface area contributed by atoms with Crippen molar-refractivity contribution in [2.75, 3.05) is 20.3 Å². The highest BCUT2D eigenvalue weighted by Crippen LogP contribution is 2.26. The molecule has 0 bridgehead atoms. The van der Waals surface area contributed by atoms with Gasteiger partial charge in [0.2, 0.25) is 0 Å². The van der Waals surface area contributed by atoms with E-state index < -0.39 is 0 Å². The van der Waals surface area contributed by atoms with E-state index in [1.165, 1.54) is 11.8 Å². The Morgan fingerprint density at radius 3 is 2.83 bits per heavy atom. The summed E-state index contributed by atoms with van der Waals surface area (Å²) in [5.74, 6) is 0.944. The smallest absolute Gasteiger partial charge is 0.123 e. The van der Waals surface area contributed by atoms with Gasteiger partial charge in [-0.2, -0.15) is 0 Å². The molecule has 0 heterocycles. The summed E-state index contributed by atoms with van der Waals surface area (Å²) in [6, 6.07) is 8.47. The molecule has 1 aromatic carbocycles. The van der Waals surface area contributed by atoms with Gasteiger partial charge in [-0.3, -0.25) is 0 Å². The molecule has 1 atom stereocenters. The van der Waals surface area contributed by atoms with Crippen LogP contribution >= 0.6 is 0 Å². The molecule has 1 unspecified atom stereocenters. The summed E-state index contributed by atoms with van der Waals surface area (Å²) in [7, 11) is 1.71. The van der Waals surface area contributed by atoms with Crippen LogP contribution in [0.2, 0.25) is 0 Å². The van der Waals surface area contributed by atoms with Crippen LogP contribution in [0.1, 0.15) is 31.4 Å². The van der Waals surface area contributed by atoms with Gasteiger partial charge in [0.05, 0.1) is 20.0 Å². The van der Waals surface area contributed by atoms with Gasteiger partial charge >= 0.3 is 0 Å². The number of para-hydroxylation sites is 1. The highest BCUT2D eigenvalue weighted by Gasteiger charge is 2.12. The molecule has 18 heavy (non-hydrogen) atoms. The Balaban J connectivity index is 2.51. The molecular weight excluding hydrogens is 226 g/mol. The standard InChI is InChI=1S/C15H23NO2/c1-4-14(16-11-8-12-18-5-2)13-9-6-7-10-15(13)17-3/h5-7,9-10,14,16H,2,4,8,11-12H2,1,3H3. The normalized spacial score (nSPS) is 11.9. The van der Waals surface area contributed by atoms with Crippen LogP contribution in [0, 0.1) is 0 Å². The second kappa shape index (κ2) is 8.59. The van der Waals surface area contributed by atoms with Crippen LogP contribution in [0.4, 0.5) is 0 Å². The van der Waals surface area contributed by atoms with Gasteiger partial charge in [0, 0.05) is 11.6 Å². The SMILES string of the molecule is C=COCCCNC(CC)c1ccccc1OC. The predicted molar refractivity (Wildman–Crippen MR) is 74.8 cm³/mol. The van der Waals surface area contributed by atoms with E-state index in [-0.39, 0.29) is 0 Å². The maximum Gasteiger partial charge on any atom is 0.123 e. The maximum atomic E-state index is 5.40. The first-order chi connectivity index (χ1) is 8.83. The number of nitrogens with one attached hydrogen (secondary N) is 1. The molecule has 0 radical (unpaired) electrons. The molecule has 100 valence electrons.